The fraction of sp³-hybridized carbons (Fsp3) is 0.935. The molecule has 0 bridgehead atoms. The van der Waals surface area contributed by atoms with Crippen LogP contribution in [0.1, 0.15) is 233 Å². The van der Waals surface area contributed by atoms with Gasteiger partial charge in [-0.2, -0.15) is 0 Å². The van der Waals surface area contributed by atoms with Crippen LogP contribution in [0.2, 0.25) is 0 Å². The van der Waals surface area contributed by atoms with Crippen molar-refractivity contribution in [3.63, 3.8) is 0 Å². The minimum absolute atomic E-state index is 0.0313. The van der Waals surface area contributed by atoms with Gasteiger partial charge in [0.25, 0.3) is 0 Å². The number of hydrogen-bond donors (Lipinski definition) is 1. The second-order valence-corrected chi connectivity index (χ2v) is 15.9. The zero-order valence-corrected chi connectivity index (χ0v) is 35.9. The van der Waals surface area contributed by atoms with E-state index < -0.39 is 0 Å². The summed E-state index contributed by atoms with van der Waals surface area (Å²) in [6, 6.07) is 0. The lowest BCUT2D eigenvalue weighted by molar-refractivity contribution is -0.149. The topological polar surface area (TPSA) is 84.9 Å². The molecular weight excluding hydrogens is 661 g/mol. The largest absolute Gasteiger partial charge is 0.466 e. The maximum atomic E-state index is 13.0. The molecule has 0 atom stereocenters. The van der Waals surface area contributed by atoms with Crippen LogP contribution in [0.5, 0.6) is 0 Å². The maximum absolute atomic E-state index is 13.0. The highest BCUT2D eigenvalue weighted by atomic mass is 16.5. The van der Waals surface area contributed by atoms with Crippen LogP contribution in [-0.2, 0) is 23.9 Å². The number of rotatable bonds is 42. The number of carbonyl (C=O) groups excluding carboxylic acids is 3. The second kappa shape index (κ2) is 41.5. The summed E-state index contributed by atoms with van der Waals surface area (Å²) in [4.78, 5) is 38.9. The molecule has 0 aromatic rings. The van der Waals surface area contributed by atoms with Crippen molar-refractivity contribution in [2.45, 2.75) is 233 Å². The van der Waals surface area contributed by atoms with Crippen LogP contribution in [0.4, 0.5) is 0 Å². The molecule has 0 saturated heterocycles. The van der Waals surface area contributed by atoms with Gasteiger partial charge < -0.3 is 19.7 Å². The van der Waals surface area contributed by atoms with Gasteiger partial charge in [0.1, 0.15) is 0 Å². The third kappa shape index (κ3) is 38.4. The van der Waals surface area contributed by atoms with Crippen molar-refractivity contribution in [3.05, 3.63) is 0 Å². The Balaban J connectivity index is 4.24. The molecule has 7 heteroatoms. The summed E-state index contributed by atoms with van der Waals surface area (Å²) in [5.41, 5.74) is 0. The molecule has 53 heavy (non-hydrogen) atoms. The Bertz CT molecular complexity index is 791. The number of amides is 1. The molecule has 7 nitrogen and oxygen atoms in total. The number of nitrogens with zero attached hydrogens (tertiary/aromatic N) is 1. The number of hydrogen-bond acceptors (Lipinski definition) is 6. The molecule has 0 aliphatic carbocycles. The molecule has 0 aliphatic rings. The average Bonchev–Trinajstić information content (AvgIpc) is 3.14. The molecule has 0 aromatic carbocycles. The Morgan fingerprint density at radius 2 is 0.868 bits per heavy atom. The molecule has 0 aliphatic heterocycles. The van der Waals surface area contributed by atoms with Crippen molar-refractivity contribution in [2.75, 3.05) is 39.4 Å². The lowest BCUT2D eigenvalue weighted by Crippen LogP contribution is -2.30. The van der Waals surface area contributed by atoms with Gasteiger partial charge in [-0.3, -0.25) is 14.4 Å². The lowest BCUT2D eigenvalue weighted by atomic mass is 9.94. The molecule has 0 saturated carbocycles. The summed E-state index contributed by atoms with van der Waals surface area (Å²) in [5.74, 6) is 0.159. The van der Waals surface area contributed by atoms with Gasteiger partial charge in [0, 0.05) is 19.9 Å². The monoisotopic (exact) mass is 751 g/mol. The maximum Gasteiger partial charge on any atom is 0.308 e. The zero-order valence-electron chi connectivity index (χ0n) is 35.9. The summed E-state index contributed by atoms with van der Waals surface area (Å²) >= 11 is 0. The van der Waals surface area contributed by atoms with E-state index in [4.69, 9.17) is 9.47 Å². The Hall–Kier alpha value is -1.63. The highest BCUT2D eigenvalue weighted by molar-refractivity contribution is 5.72. The predicted octanol–water partition coefficient (Wildman–Crippen LogP) is 12.7. The molecule has 0 fully saturated rings. The lowest BCUT2D eigenvalue weighted by Gasteiger charge is -2.22. The van der Waals surface area contributed by atoms with Crippen LogP contribution in [-0.4, -0.2) is 62.1 Å². The molecule has 0 heterocycles. The van der Waals surface area contributed by atoms with Crippen LogP contribution in [0, 0.1) is 5.92 Å². The molecule has 0 unspecified atom stereocenters. The minimum atomic E-state index is -0.0313. The molecule has 0 radical (unpaired) electrons. The van der Waals surface area contributed by atoms with E-state index in [2.05, 4.69) is 31.0 Å². The first-order chi connectivity index (χ1) is 25.9. The SMILES string of the molecule is CCCCCCCCOC(=O)CCCCCCCN(CCCCCCCOC(=O)C(CCCCCCCC)CCCCCCCC)CCCNC(C)=O. The molecule has 314 valence electrons. The first kappa shape index (κ1) is 51.4. The van der Waals surface area contributed by atoms with Crippen molar-refractivity contribution in [1.82, 2.24) is 10.2 Å². The molecule has 1 N–H and O–H groups in total. The Morgan fingerprint density at radius 3 is 1.36 bits per heavy atom. The van der Waals surface area contributed by atoms with Crippen LogP contribution >= 0.6 is 0 Å². The second-order valence-electron chi connectivity index (χ2n) is 15.9. The smallest absolute Gasteiger partial charge is 0.308 e. The van der Waals surface area contributed by atoms with E-state index in [-0.39, 0.29) is 23.8 Å². The van der Waals surface area contributed by atoms with Crippen molar-refractivity contribution in [2.24, 2.45) is 5.92 Å². The van der Waals surface area contributed by atoms with E-state index in [9.17, 15) is 14.4 Å². The summed E-state index contributed by atoms with van der Waals surface area (Å²) in [6.07, 6.45) is 37.1. The first-order valence-corrected chi connectivity index (χ1v) is 23.2. The van der Waals surface area contributed by atoms with Gasteiger partial charge in [0.05, 0.1) is 19.1 Å². The van der Waals surface area contributed by atoms with Gasteiger partial charge in [-0.1, -0.05) is 168 Å². The minimum Gasteiger partial charge on any atom is -0.466 e. The number of esters is 2. The number of carbonyl (C=O) groups is 3. The fourth-order valence-electron chi connectivity index (χ4n) is 7.16. The number of ether oxygens (including phenoxy) is 2. The van der Waals surface area contributed by atoms with E-state index in [0.717, 1.165) is 103 Å². The third-order valence-electron chi connectivity index (χ3n) is 10.6. The molecule has 1 amide bonds. The van der Waals surface area contributed by atoms with Crippen molar-refractivity contribution >= 4 is 17.8 Å². The zero-order chi connectivity index (χ0) is 38.9. The third-order valence-corrected chi connectivity index (χ3v) is 10.6. The Morgan fingerprint density at radius 1 is 0.472 bits per heavy atom. The van der Waals surface area contributed by atoms with Gasteiger partial charge in [0.15, 0.2) is 0 Å². The van der Waals surface area contributed by atoms with Gasteiger partial charge in [-0.25, -0.2) is 0 Å². The van der Waals surface area contributed by atoms with Gasteiger partial charge in [-0.05, 0) is 71.0 Å². The highest BCUT2D eigenvalue weighted by Crippen LogP contribution is 2.21. The van der Waals surface area contributed by atoms with E-state index in [1.54, 1.807) is 6.92 Å². The summed E-state index contributed by atoms with van der Waals surface area (Å²) in [6.45, 7) is 13.4. The van der Waals surface area contributed by atoms with Gasteiger partial charge in [0.2, 0.25) is 5.91 Å². The van der Waals surface area contributed by atoms with Crippen LogP contribution in [0.3, 0.4) is 0 Å². The summed E-state index contributed by atoms with van der Waals surface area (Å²) < 4.78 is 11.3. The number of nitrogens with one attached hydrogen (secondary N) is 1. The molecule has 0 aromatic heterocycles. The standard InChI is InChI=1S/C46H90N2O5/c1-5-8-11-14-19-26-34-44(35-27-20-15-12-9-6-2)46(51)53-42-32-25-18-23-30-39-48(40-33-37-47-43(4)49)38-29-22-17-21-28-36-45(50)52-41-31-24-16-13-10-7-3/h44H,5-42H2,1-4H3,(H,47,49). The van der Waals surface area contributed by atoms with Crippen molar-refractivity contribution < 1.29 is 23.9 Å². The first-order valence-electron chi connectivity index (χ1n) is 23.2. The summed E-state index contributed by atoms with van der Waals surface area (Å²) in [5, 5.41) is 2.94. The van der Waals surface area contributed by atoms with Crippen LogP contribution < -0.4 is 5.32 Å². The van der Waals surface area contributed by atoms with E-state index in [1.165, 1.54) is 122 Å². The predicted molar refractivity (Wildman–Crippen MR) is 225 cm³/mol. The average molecular weight is 751 g/mol. The van der Waals surface area contributed by atoms with Crippen molar-refractivity contribution in [3.8, 4) is 0 Å². The molecule has 0 rings (SSSR count). The van der Waals surface area contributed by atoms with Gasteiger partial charge >= 0.3 is 11.9 Å². The van der Waals surface area contributed by atoms with Crippen LogP contribution in [0.25, 0.3) is 0 Å². The van der Waals surface area contributed by atoms with E-state index >= 15 is 0 Å². The Kier molecular flexibility index (Phi) is 40.3. The fourth-order valence-corrected chi connectivity index (χ4v) is 7.16. The quantitative estimate of drug-likeness (QED) is 0.0494. The molecular formula is C46H90N2O5. The van der Waals surface area contributed by atoms with Gasteiger partial charge in [-0.15, -0.1) is 0 Å². The van der Waals surface area contributed by atoms with Crippen LogP contribution in [0.15, 0.2) is 0 Å². The summed E-state index contributed by atoms with van der Waals surface area (Å²) in [7, 11) is 0. The van der Waals surface area contributed by atoms with E-state index in [1.807, 2.05) is 0 Å². The van der Waals surface area contributed by atoms with E-state index in [0.29, 0.717) is 19.6 Å². The Labute approximate surface area is 329 Å². The van der Waals surface area contributed by atoms with Crippen molar-refractivity contribution in [1.29, 1.82) is 0 Å². The highest BCUT2D eigenvalue weighted by Gasteiger charge is 2.19. The molecule has 0 spiro atoms. The number of unbranched alkanes of at least 4 members (excludes halogenated alkanes) is 23. The normalized spacial score (nSPS) is 11.4.